The minimum atomic E-state index is -0.985. The van der Waals surface area contributed by atoms with Crippen LogP contribution in [0.1, 0.15) is 20.3 Å². The molecule has 12 heavy (non-hydrogen) atoms. The second-order valence-electron chi connectivity index (χ2n) is 3.24. The fourth-order valence-electron chi connectivity index (χ4n) is 1.37. The molecular formula is C9H12O3. The van der Waals surface area contributed by atoms with E-state index in [4.69, 9.17) is 4.74 Å². The van der Waals surface area contributed by atoms with E-state index in [-0.39, 0.29) is 5.78 Å². The topological polar surface area (TPSA) is 43.4 Å². The van der Waals surface area contributed by atoms with Gasteiger partial charge in [0.1, 0.15) is 5.41 Å². The summed E-state index contributed by atoms with van der Waals surface area (Å²) in [6, 6.07) is 0. The number of allylic oxidation sites excluding steroid dienone is 1. The van der Waals surface area contributed by atoms with Gasteiger partial charge in [-0.15, -0.1) is 6.58 Å². The zero-order valence-corrected chi connectivity index (χ0v) is 7.29. The average Bonchev–Trinajstić information content (AvgIpc) is 2.17. The van der Waals surface area contributed by atoms with Gasteiger partial charge in [-0.05, 0) is 20.3 Å². The summed E-state index contributed by atoms with van der Waals surface area (Å²) in [5, 5.41) is 0. The lowest BCUT2D eigenvalue weighted by Crippen LogP contribution is -2.30. The van der Waals surface area contributed by atoms with Crippen LogP contribution in [0.15, 0.2) is 12.7 Å². The largest absolute Gasteiger partial charge is 0.454 e. The van der Waals surface area contributed by atoms with Gasteiger partial charge in [0.2, 0.25) is 0 Å². The zero-order valence-electron chi connectivity index (χ0n) is 7.29. The van der Waals surface area contributed by atoms with Gasteiger partial charge in [-0.2, -0.15) is 0 Å². The average molecular weight is 168 g/mol. The normalized spacial score (nSPS) is 35.0. The summed E-state index contributed by atoms with van der Waals surface area (Å²) in [6.07, 6.45) is 1.33. The Hall–Kier alpha value is -1.12. The van der Waals surface area contributed by atoms with Crippen molar-refractivity contribution in [1.82, 2.24) is 0 Å². The second-order valence-corrected chi connectivity index (χ2v) is 3.24. The van der Waals surface area contributed by atoms with Gasteiger partial charge in [0.15, 0.2) is 11.9 Å². The van der Waals surface area contributed by atoms with Crippen molar-refractivity contribution >= 4 is 11.8 Å². The number of carbonyl (C=O) groups is 2. The maximum atomic E-state index is 11.4. The molecule has 1 rings (SSSR count). The Labute approximate surface area is 71.4 Å². The van der Waals surface area contributed by atoms with Crippen LogP contribution in [-0.2, 0) is 14.3 Å². The Morgan fingerprint density at radius 2 is 2.25 bits per heavy atom. The van der Waals surface area contributed by atoms with Crippen LogP contribution in [0.2, 0.25) is 0 Å². The highest BCUT2D eigenvalue weighted by atomic mass is 16.6. The van der Waals surface area contributed by atoms with Crippen molar-refractivity contribution in [3.05, 3.63) is 12.7 Å². The molecule has 1 fully saturated rings. The maximum Gasteiger partial charge on any atom is 0.320 e. The molecule has 0 bridgehead atoms. The van der Waals surface area contributed by atoms with Gasteiger partial charge < -0.3 is 4.74 Å². The molecular weight excluding hydrogens is 156 g/mol. The Morgan fingerprint density at radius 3 is 2.58 bits per heavy atom. The summed E-state index contributed by atoms with van der Waals surface area (Å²) >= 11 is 0. The SMILES string of the molecule is C=CC[C@]1(C)C(=O)O[C@@H](C)C1=O. The molecule has 0 aromatic heterocycles. The van der Waals surface area contributed by atoms with E-state index in [1.54, 1.807) is 19.9 Å². The van der Waals surface area contributed by atoms with Crippen LogP contribution in [0.25, 0.3) is 0 Å². The molecule has 3 heteroatoms. The molecule has 1 heterocycles. The first kappa shape index (κ1) is 8.97. The number of ether oxygens (including phenoxy) is 1. The summed E-state index contributed by atoms with van der Waals surface area (Å²) < 4.78 is 4.81. The van der Waals surface area contributed by atoms with Gasteiger partial charge >= 0.3 is 5.97 Å². The summed E-state index contributed by atoms with van der Waals surface area (Å²) in [5.41, 5.74) is -0.985. The van der Waals surface area contributed by atoms with Crippen molar-refractivity contribution in [1.29, 1.82) is 0 Å². The molecule has 2 atom stereocenters. The molecule has 1 aliphatic rings. The molecule has 1 saturated heterocycles. The second kappa shape index (κ2) is 2.73. The third kappa shape index (κ3) is 1.05. The highest BCUT2D eigenvalue weighted by Gasteiger charge is 2.50. The van der Waals surface area contributed by atoms with E-state index in [2.05, 4.69) is 6.58 Å². The van der Waals surface area contributed by atoms with Gasteiger partial charge in [0.05, 0.1) is 0 Å². The van der Waals surface area contributed by atoms with E-state index in [1.165, 1.54) is 0 Å². The summed E-state index contributed by atoms with van der Waals surface area (Å²) in [6.45, 7) is 6.70. The first-order valence-electron chi connectivity index (χ1n) is 3.88. The van der Waals surface area contributed by atoms with Crippen molar-refractivity contribution < 1.29 is 14.3 Å². The monoisotopic (exact) mass is 168 g/mol. The quantitative estimate of drug-likeness (QED) is 0.352. The molecule has 0 spiro atoms. The standard InChI is InChI=1S/C9H12O3/c1-4-5-9(3)7(10)6(2)12-8(9)11/h4,6H,1,5H2,2-3H3/t6-,9-/m0/s1. The number of esters is 1. The van der Waals surface area contributed by atoms with E-state index in [1.807, 2.05) is 0 Å². The molecule has 0 aromatic carbocycles. The van der Waals surface area contributed by atoms with Gasteiger partial charge in [-0.3, -0.25) is 9.59 Å². The van der Waals surface area contributed by atoms with Gasteiger partial charge in [-0.25, -0.2) is 0 Å². The Balaban J connectivity index is 2.95. The van der Waals surface area contributed by atoms with Crippen LogP contribution in [-0.4, -0.2) is 17.9 Å². The fraction of sp³-hybridized carbons (Fsp3) is 0.556. The zero-order chi connectivity index (χ0) is 9.35. The van der Waals surface area contributed by atoms with Crippen LogP contribution in [0.5, 0.6) is 0 Å². The third-order valence-electron chi connectivity index (χ3n) is 2.20. The Morgan fingerprint density at radius 1 is 1.67 bits per heavy atom. The number of rotatable bonds is 2. The van der Waals surface area contributed by atoms with E-state index >= 15 is 0 Å². The predicted octanol–water partition coefficient (Wildman–Crippen LogP) is 1.08. The third-order valence-corrected chi connectivity index (χ3v) is 2.20. The van der Waals surface area contributed by atoms with Crippen LogP contribution in [0.4, 0.5) is 0 Å². The first-order valence-corrected chi connectivity index (χ1v) is 3.88. The minimum absolute atomic E-state index is 0.146. The fourth-order valence-corrected chi connectivity index (χ4v) is 1.37. The van der Waals surface area contributed by atoms with E-state index < -0.39 is 17.5 Å². The predicted molar refractivity (Wildman–Crippen MR) is 43.5 cm³/mol. The van der Waals surface area contributed by atoms with Crippen LogP contribution < -0.4 is 0 Å². The van der Waals surface area contributed by atoms with Crippen molar-refractivity contribution in [3.8, 4) is 0 Å². The lowest BCUT2D eigenvalue weighted by molar-refractivity contribution is -0.147. The highest BCUT2D eigenvalue weighted by molar-refractivity contribution is 6.10. The van der Waals surface area contributed by atoms with Crippen molar-refractivity contribution in [2.75, 3.05) is 0 Å². The van der Waals surface area contributed by atoms with Crippen LogP contribution in [0.3, 0.4) is 0 Å². The number of carbonyl (C=O) groups excluding carboxylic acids is 2. The molecule has 0 aromatic rings. The van der Waals surface area contributed by atoms with Crippen LogP contribution >= 0.6 is 0 Å². The minimum Gasteiger partial charge on any atom is -0.454 e. The van der Waals surface area contributed by atoms with E-state index in [0.29, 0.717) is 6.42 Å². The molecule has 3 nitrogen and oxygen atoms in total. The Bertz CT molecular complexity index is 244. The summed E-state index contributed by atoms with van der Waals surface area (Å²) in [7, 11) is 0. The Kier molecular flexibility index (Phi) is 2.04. The molecule has 1 aliphatic heterocycles. The summed E-state index contributed by atoms with van der Waals surface area (Å²) in [4.78, 5) is 22.6. The number of hydrogen-bond acceptors (Lipinski definition) is 3. The van der Waals surface area contributed by atoms with Crippen molar-refractivity contribution in [3.63, 3.8) is 0 Å². The number of hydrogen-bond donors (Lipinski definition) is 0. The lowest BCUT2D eigenvalue weighted by atomic mass is 9.83. The molecule has 0 saturated carbocycles. The lowest BCUT2D eigenvalue weighted by Gasteiger charge is -2.13. The summed E-state index contributed by atoms with van der Waals surface area (Å²) in [5.74, 6) is -0.577. The van der Waals surface area contributed by atoms with Crippen molar-refractivity contribution in [2.45, 2.75) is 26.4 Å². The van der Waals surface area contributed by atoms with E-state index in [0.717, 1.165) is 0 Å². The molecule has 0 radical (unpaired) electrons. The van der Waals surface area contributed by atoms with Gasteiger partial charge in [0, 0.05) is 0 Å². The van der Waals surface area contributed by atoms with Crippen LogP contribution in [0, 0.1) is 5.41 Å². The van der Waals surface area contributed by atoms with Gasteiger partial charge in [0.25, 0.3) is 0 Å². The number of Topliss-reactive ketones (excluding diaryl/α,β-unsaturated/α-hetero) is 1. The maximum absolute atomic E-state index is 11.4. The molecule has 0 unspecified atom stereocenters. The molecule has 0 aliphatic carbocycles. The van der Waals surface area contributed by atoms with E-state index in [9.17, 15) is 9.59 Å². The molecule has 0 N–H and O–H groups in total. The van der Waals surface area contributed by atoms with Gasteiger partial charge in [-0.1, -0.05) is 6.08 Å². The number of cyclic esters (lactones) is 1. The van der Waals surface area contributed by atoms with Crippen molar-refractivity contribution in [2.24, 2.45) is 5.41 Å². The molecule has 66 valence electrons. The highest BCUT2D eigenvalue weighted by Crippen LogP contribution is 2.33. The number of ketones is 1. The first-order chi connectivity index (χ1) is 5.52. The molecule has 0 amide bonds. The smallest absolute Gasteiger partial charge is 0.320 e.